The number of nitrogens with zero attached hydrogens (tertiary/aromatic N) is 1. The Balaban J connectivity index is 2.35. The van der Waals surface area contributed by atoms with Gasteiger partial charge in [0.05, 0.1) is 17.6 Å². The second-order valence-corrected chi connectivity index (χ2v) is 4.90. The summed E-state index contributed by atoms with van der Waals surface area (Å²) in [6.45, 7) is 5.54. The van der Waals surface area contributed by atoms with Crippen molar-refractivity contribution in [3.63, 3.8) is 0 Å². The van der Waals surface area contributed by atoms with Crippen LogP contribution in [0.15, 0.2) is 10.6 Å². The Hall–Kier alpha value is -1.50. The summed E-state index contributed by atoms with van der Waals surface area (Å²) >= 11 is 1.21. The number of carbonyl (C=O) groups is 2. The molecule has 18 heavy (non-hydrogen) atoms. The van der Waals surface area contributed by atoms with Crippen molar-refractivity contribution in [3.8, 4) is 0 Å². The lowest BCUT2D eigenvalue weighted by atomic mass is 10.4. The first-order valence-electron chi connectivity index (χ1n) is 5.54. The van der Waals surface area contributed by atoms with Crippen LogP contribution in [0.4, 0.5) is 5.82 Å². The number of esters is 1. The van der Waals surface area contributed by atoms with Gasteiger partial charge < -0.3 is 14.6 Å². The van der Waals surface area contributed by atoms with Crippen molar-refractivity contribution in [1.29, 1.82) is 0 Å². The van der Waals surface area contributed by atoms with E-state index in [1.807, 2.05) is 0 Å². The Morgan fingerprint density at radius 3 is 2.89 bits per heavy atom. The molecule has 0 saturated heterocycles. The van der Waals surface area contributed by atoms with E-state index in [4.69, 9.17) is 9.26 Å². The zero-order chi connectivity index (χ0) is 13.5. The topological polar surface area (TPSA) is 81.4 Å². The van der Waals surface area contributed by atoms with E-state index >= 15 is 0 Å². The van der Waals surface area contributed by atoms with Crippen molar-refractivity contribution in [2.75, 3.05) is 17.7 Å². The average molecular weight is 272 g/mol. The van der Waals surface area contributed by atoms with Gasteiger partial charge in [0.2, 0.25) is 5.91 Å². The van der Waals surface area contributed by atoms with Crippen LogP contribution >= 0.6 is 11.8 Å². The third kappa shape index (κ3) is 4.79. The second kappa shape index (κ2) is 7.05. The zero-order valence-corrected chi connectivity index (χ0v) is 11.4. The Kier molecular flexibility index (Phi) is 5.70. The Labute approximate surface area is 109 Å². The number of amides is 1. The van der Waals surface area contributed by atoms with Gasteiger partial charge >= 0.3 is 5.97 Å². The van der Waals surface area contributed by atoms with E-state index in [-0.39, 0.29) is 22.9 Å². The molecule has 1 atom stereocenters. The van der Waals surface area contributed by atoms with Crippen LogP contribution in [-0.2, 0) is 14.3 Å². The van der Waals surface area contributed by atoms with Crippen LogP contribution in [0, 0.1) is 6.92 Å². The third-order valence-electron chi connectivity index (χ3n) is 2.00. The molecule has 0 saturated carbocycles. The van der Waals surface area contributed by atoms with Crippen LogP contribution in [0.3, 0.4) is 0 Å². The quantitative estimate of drug-likeness (QED) is 0.792. The molecule has 0 spiro atoms. The van der Waals surface area contributed by atoms with Crippen LogP contribution in [0.1, 0.15) is 19.6 Å². The van der Waals surface area contributed by atoms with E-state index in [2.05, 4.69) is 10.5 Å². The Morgan fingerprint density at radius 1 is 1.61 bits per heavy atom. The second-order valence-electron chi connectivity index (χ2n) is 3.57. The molecular formula is C11H16N2O4S. The van der Waals surface area contributed by atoms with Gasteiger partial charge in [0, 0.05) is 6.07 Å². The van der Waals surface area contributed by atoms with E-state index < -0.39 is 0 Å². The van der Waals surface area contributed by atoms with Crippen LogP contribution in [0.5, 0.6) is 0 Å². The van der Waals surface area contributed by atoms with Gasteiger partial charge in [-0.25, -0.2) is 0 Å². The van der Waals surface area contributed by atoms with Crippen molar-refractivity contribution in [1.82, 2.24) is 5.16 Å². The maximum absolute atomic E-state index is 11.7. The van der Waals surface area contributed by atoms with E-state index in [1.54, 1.807) is 26.8 Å². The first kappa shape index (κ1) is 14.6. The molecule has 0 aliphatic heterocycles. The summed E-state index contributed by atoms with van der Waals surface area (Å²) in [5.74, 6) is 0.607. The van der Waals surface area contributed by atoms with Gasteiger partial charge in [0.25, 0.3) is 0 Å². The number of anilines is 1. The molecule has 1 unspecified atom stereocenters. The summed E-state index contributed by atoms with van der Waals surface area (Å²) in [4.78, 5) is 22.9. The van der Waals surface area contributed by atoms with Gasteiger partial charge in [-0.1, -0.05) is 5.16 Å². The summed E-state index contributed by atoms with van der Waals surface area (Å²) in [6.07, 6.45) is 0. The van der Waals surface area contributed by atoms with Gasteiger partial charge in [0.15, 0.2) is 5.82 Å². The van der Waals surface area contributed by atoms with Crippen molar-refractivity contribution < 1.29 is 18.8 Å². The van der Waals surface area contributed by atoms with Gasteiger partial charge in [0.1, 0.15) is 5.76 Å². The van der Waals surface area contributed by atoms with Crippen LogP contribution in [0.2, 0.25) is 0 Å². The molecule has 0 aromatic carbocycles. The minimum Gasteiger partial charge on any atom is -0.465 e. The summed E-state index contributed by atoms with van der Waals surface area (Å²) in [7, 11) is 0. The number of aromatic nitrogens is 1. The minimum absolute atomic E-state index is 0.153. The van der Waals surface area contributed by atoms with E-state index in [9.17, 15) is 9.59 Å². The van der Waals surface area contributed by atoms with Crippen molar-refractivity contribution in [3.05, 3.63) is 11.8 Å². The fraction of sp³-hybridized carbons (Fsp3) is 0.545. The lowest BCUT2D eigenvalue weighted by Gasteiger charge is -2.09. The number of nitrogens with one attached hydrogen (secondary N) is 1. The highest BCUT2D eigenvalue weighted by atomic mass is 32.2. The van der Waals surface area contributed by atoms with E-state index in [1.165, 1.54) is 11.8 Å². The highest BCUT2D eigenvalue weighted by Gasteiger charge is 2.16. The normalized spacial score (nSPS) is 11.9. The van der Waals surface area contributed by atoms with E-state index in [0.29, 0.717) is 18.2 Å². The fourth-order valence-corrected chi connectivity index (χ4v) is 1.80. The highest BCUT2D eigenvalue weighted by Crippen LogP contribution is 2.14. The molecule has 0 fully saturated rings. The molecule has 6 nitrogen and oxygen atoms in total. The first-order valence-corrected chi connectivity index (χ1v) is 6.59. The van der Waals surface area contributed by atoms with Crippen LogP contribution in [-0.4, -0.2) is 34.6 Å². The number of hydrogen-bond acceptors (Lipinski definition) is 6. The summed E-state index contributed by atoms with van der Waals surface area (Å²) in [6, 6.07) is 1.63. The van der Waals surface area contributed by atoms with E-state index in [0.717, 1.165) is 0 Å². The molecule has 1 amide bonds. The molecule has 0 aliphatic carbocycles. The van der Waals surface area contributed by atoms with Crippen LogP contribution in [0.25, 0.3) is 0 Å². The number of rotatable bonds is 6. The van der Waals surface area contributed by atoms with Gasteiger partial charge in [-0.3, -0.25) is 9.59 Å². The Bertz CT molecular complexity index is 419. The minimum atomic E-state index is -0.369. The Morgan fingerprint density at radius 2 is 2.33 bits per heavy atom. The standard InChI is InChI=1S/C11H16N2O4S/c1-4-16-10(14)6-18-8(3)11(15)12-9-5-7(2)17-13-9/h5,8H,4,6H2,1-3H3,(H,12,13,15). The van der Waals surface area contributed by atoms with Crippen LogP contribution < -0.4 is 5.32 Å². The molecule has 100 valence electrons. The lowest BCUT2D eigenvalue weighted by Crippen LogP contribution is -2.24. The predicted octanol–water partition coefficient (Wildman–Crippen LogP) is 1.61. The molecule has 0 bridgehead atoms. The smallest absolute Gasteiger partial charge is 0.315 e. The number of carbonyl (C=O) groups excluding carboxylic acids is 2. The lowest BCUT2D eigenvalue weighted by molar-refractivity contribution is -0.139. The molecular weight excluding hydrogens is 256 g/mol. The molecule has 1 aromatic rings. The number of thioether (sulfide) groups is 1. The third-order valence-corrected chi connectivity index (χ3v) is 3.12. The summed E-state index contributed by atoms with van der Waals surface area (Å²) in [5, 5.41) is 5.89. The number of hydrogen-bond donors (Lipinski definition) is 1. The largest absolute Gasteiger partial charge is 0.465 e. The van der Waals surface area contributed by atoms with Crippen molar-refractivity contribution in [2.45, 2.75) is 26.0 Å². The SMILES string of the molecule is CCOC(=O)CSC(C)C(=O)Nc1cc(C)on1. The fourth-order valence-electron chi connectivity index (χ4n) is 1.12. The van der Waals surface area contributed by atoms with Crippen molar-refractivity contribution >= 4 is 29.5 Å². The molecule has 0 aliphatic rings. The monoisotopic (exact) mass is 272 g/mol. The van der Waals surface area contributed by atoms with Gasteiger partial charge in [-0.15, -0.1) is 11.8 Å². The molecule has 0 radical (unpaired) electrons. The number of ether oxygens (including phenoxy) is 1. The summed E-state index contributed by atoms with van der Waals surface area (Å²) in [5.41, 5.74) is 0. The summed E-state index contributed by atoms with van der Waals surface area (Å²) < 4.78 is 9.60. The molecule has 1 N–H and O–H groups in total. The maximum atomic E-state index is 11.7. The molecule has 7 heteroatoms. The first-order chi connectivity index (χ1) is 8.52. The molecule has 1 heterocycles. The average Bonchev–Trinajstić information content (AvgIpc) is 2.72. The molecule has 1 aromatic heterocycles. The van der Waals surface area contributed by atoms with Gasteiger partial charge in [-0.05, 0) is 20.8 Å². The van der Waals surface area contributed by atoms with Gasteiger partial charge in [-0.2, -0.15) is 0 Å². The zero-order valence-electron chi connectivity index (χ0n) is 10.6. The van der Waals surface area contributed by atoms with Crippen molar-refractivity contribution in [2.24, 2.45) is 0 Å². The molecule has 1 rings (SSSR count). The number of aryl methyl sites for hydroxylation is 1. The maximum Gasteiger partial charge on any atom is 0.315 e. The highest BCUT2D eigenvalue weighted by molar-refractivity contribution is 8.01. The predicted molar refractivity (Wildman–Crippen MR) is 68.4 cm³/mol.